The Morgan fingerprint density at radius 3 is 2.38 bits per heavy atom. The van der Waals surface area contributed by atoms with Gasteiger partial charge in [0.25, 0.3) is 0 Å². The van der Waals surface area contributed by atoms with Gasteiger partial charge in [0.2, 0.25) is 0 Å². The van der Waals surface area contributed by atoms with E-state index in [1.54, 1.807) is 18.2 Å². The quantitative estimate of drug-likeness (QED) is 0.314. The summed E-state index contributed by atoms with van der Waals surface area (Å²) in [6.45, 7) is 0. The van der Waals surface area contributed by atoms with E-state index in [2.05, 4.69) is 37.0 Å². The van der Waals surface area contributed by atoms with Crippen LogP contribution in [0.5, 0.6) is 0 Å². The standard InChI is InChI=1S/C21H12Br2F4N2/c22-12-5-7-18(24)16(11-12)15-9-10-29(28-20(15)21(25,26)27)19-8-6-17(23)13-3-1-2-4-14(13)19/h1-11,15H/t15-/m0/s1. The summed E-state index contributed by atoms with van der Waals surface area (Å²) in [5.74, 6) is -2.06. The summed E-state index contributed by atoms with van der Waals surface area (Å²) in [5.41, 5.74) is -0.675. The second kappa shape index (κ2) is 7.57. The van der Waals surface area contributed by atoms with Crippen molar-refractivity contribution in [2.75, 3.05) is 5.01 Å². The Hall–Kier alpha value is -2.19. The molecule has 3 aromatic carbocycles. The molecule has 3 aromatic rings. The van der Waals surface area contributed by atoms with Gasteiger partial charge in [-0.15, -0.1) is 0 Å². The Labute approximate surface area is 180 Å². The van der Waals surface area contributed by atoms with Gasteiger partial charge >= 0.3 is 6.18 Å². The molecule has 0 aliphatic carbocycles. The molecule has 0 saturated heterocycles. The molecule has 1 aliphatic rings. The van der Waals surface area contributed by atoms with E-state index in [0.717, 1.165) is 21.3 Å². The zero-order chi connectivity index (χ0) is 20.8. The molecule has 1 atom stereocenters. The Bertz CT molecular complexity index is 1160. The molecule has 1 aliphatic heterocycles. The van der Waals surface area contributed by atoms with Gasteiger partial charge in [-0.2, -0.15) is 18.3 Å². The van der Waals surface area contributed by atoms with Crippen molar-refractivity contribution in [3.05, 3.63) is 87.2 Å². The number of halogens is 6. The summed E-state index contributed by atoms with van der Waals surface area (Å²) in [4.78, 5) is 0. The van der Waals surface area contributed by atoms with Crippen LogP contribution in [0.25, 0.3) is 10.8 Å². The summed E-state index contributed by atoms with van der Waals surface area (Å²) < 4.78 is 57.1. The van der Waals surface area contributed by atoms with Crippen LogP contribution in [0.4, 0.5) is 23.2 Å². The van der Waals surface area contributed by atoms with Crippen LogP contribution in [0.15, 0.2) is 80.9 Å². The smallest absolute Gasteiger partial charge is 0.240 e. The number of hydrazone groups is 1. The average molecular weight is 528 g/mol. The molecule has 0 bridgehead atoms. The van der Waals surface area contributed by atoms with Crippen molar-refractivity contribution in [3.8, 4) is 0 Å². The molecule has 29 heavy (non-hydrogen) atoms. The maximum absolute atomic E-state index is 14.3. The van der Waals surface area contributed by atoms with Gasteiger partial charge in [0.15, 0.2) is 5.71 Å². The van der Waals surface area contributed by atoms with Gasteiger partial charge in [0.1, 0.15) is 5.82 Å². The fourth-order valence-corrected chi connectivity index (χ4v) is 4.14. The van der Waals surface area contributed by atoms with Gasteiger partial charge in [0, 0.05) is 26.1 Å². The van der Waals surface area contributed by atoms with E-state index in [1.807, 2.05) is 18.2 Å². The third-order valence-electron chi connectivity index (χ3n) is 4.61. The molecule has 0 spiro atoms. The summed E-state index contributed by atoms with van der Waals surface area (Å²) in [5, 5.41) is 6.65. The molecule has 0 aromatic heterocycles. The third-order valence-corrected chi connectivity index (χ3v) is 5.79. The highest BCUT2D eigenvalue weighted by Gasteiger charge is 2.43. The highest BCUT2D eigenvalue weighted by Crippen LogP contribution is 2.38. The Kier molecular flexibility index (Phi) is 5.25. The maximum atomic E-state index is 14.3. The van der Waals surface area contributed by atoms with E-state index in [9.17, 15) is 17.6 Å². The molecule has 1 heterocycles. The zero-order valence-corrected chi connectivity index (χ0v) is 17.8. The minimum absolute atomic E-state index is 0.0907. The van der Waals surface area contributed by atoms with Gasteiger partial charge in [-0.25, -0.2) is 9.40 Å². The summed E-state index contributed by atoms with van der Waals surface area (Å²) >= 11 is 6.64. The highest BCUT2D eigenvalue weighted by atomic mass is 79.9. The first kappa shape index (κ1) is 20.1. The Balaban J connectivity index is 1.85. The van der Waals surface area contributed by atoms with E-state index in [4.69, 9.17) is 0 Å². The molecule has 0 saturated carbocycles. The van der Waals surface area contributed by atoms with Crippen LogP contribution in [-0.4, -0.2) is 11.9 Å². The normalized spacial score (nSPS) is 17.0. The van der Waals surface area contributed by atoms with Crippen molar-refractivity contribution in [3.63, 3.8) is 0 Å². The molecule has 0 unspecified atom stereocenters. The second-order valence-corrected chi connectivity index (χ2v) is 8.19. The van der Waals surface area contributed by atoms with E-state index >= 15 is 0 Å². The van der Waals surface area contributed by atoms with Crippen molar-refractivity contribution in [1.82, 2.24) is 0 Å². The van der Waals surface area contributed by atoms with Gasteiger partial charge in [0.05, 0.1) is 11.6 Å². The third kappa shape index (κ3) is 3.83. The van der Waals surface area contributed by atoms with Crippen LogP contribution in [0.1, 0.15) is 11.5 Å². The first-order valence-corrected chi connectivity index (χ1v) is 10.1. The van der Waals surface area contributed by atoms with Gasteiger partial charge < -0.3 is 0 Å². The van der Waals surface area contributed by atoms with Crippen LogP contribution in [0.2, 0.25) is 0 Å². The number of alkyl halides is 3. The first-order valence-electron chi connectivity index (χ1n) is 8.51. The van der Waals surface area contributed by atoms with Crippen molar-refractivity contribution in [1.29, 1.82) is 0 Å². The molecule has 0 radical (unpaired) electrons. The van der Waals surface area contributed by atoms with Crippen LogP contribution in [-0.2, 0) is 0 Å². The molecule has 0 fully saturated rings. The number of rotatable bonds is 2. The fourth-order valence-electron chi connectivity index (χ4n) is 3.29. The summed E-state index contributed by atoms with van der Waals surface area (Å²) in [6.07, 6.45) is -1.97. The van der Waals surface area contributed by atoms with E-state index < -0.39 is 23.6 Å². The van der Waals surface area contributed by atoms with Gasteiger partial charge in [-0.05, 0) is 35.7 Å². The minimum Gasteiger partial charge on any atom is -0.240 e. The SMILES string of the molecule is Fc1ccc(Br)cc1[C@@H]1C=CN(c2ccc(Br)c3ccccc23)N=C1C(F)(F)F. The molecule has 0 N–H and O–H groups in total. The topological polar surface area (TPSA) is 15.6 Å². The van der Waals surface area contributed by atoms with Crippen molar-refractivity contribution < 1.29 is 17.6 Å². The number of anilines is 1. The number of benzene rings is 3. The lowest BCUT2D eigenvalue weighted by Crippen LogP contribution is -2.34. The fraction of sp³-hybridized carbons (Fsp3) is 0.0952. The lowest BCUT2D eigenvalue weighted by atomic mass is 9.92. The minimum atomic E-state index is -4.73. The van der Waals surface area contributed by atoms with Crippen LogP contribution < -0.4 is 5.01 Å². The molecular formula is C21H12Br2F4N2. The lowest BCUT2D eigenvalue weighted by Gasteiger charge is -2.28. The summed E-state index contributed by atoms with van der Waals surface area (Å²) in [6, 6.07) is 14.7. The number of nitrogens with zero attached hydrogens (tertiary/aromatic N) is 2. The number of fused-ring (bicyclic) bond motifs is 1. The van der Waals surface area contributed by atoms with Crippen LogP contribution in [0, 0.1) is 5.82 Å². The van der Waals surface area contributed by atoms with Crippen molar-refractivity contribution in [2.24, 2.45) is 5.10 Å². The molecule has 8 heteroatoms. The molecule has 4 rings (SSSR count). The van der Waals surface area contributed by atoms with E-state index in [0.29, 0.717) is 10.2 Å². The van der Waals surface area contributed by atoms with Crippen molar-refractivity contribution in [2.45, 2.75) is 12.1 Å². The summed E-state index contributed by atoms with van der Waals surface area (Å²) in [7, 11) is 0. The predicted molar refractivity (Wildman–Crippen MR) is 114 cm³/mol. The molecule has 0 amide bonds. The Morgan fingerprint density at radius 2 is 1.66 bits per heavy atom. The highest BCUT2D eigenvalue weighted by molar-refractivity contribution is 9.11. The predicted octanol–water partition coefficient (Wildman–Crippen LogP) is 7.54. The zero-order valence-electron chi connectivity index (χ0n) is 14.6. The monoisotopic (exact) mass is 526 g/mol. The molecule has 148 valence electrons. The second-order valence-electron chi connectivity index (χ2n) is 6.42. The number of hydrogen-bond donors (Lipinski definition) is 0. The maximum Gasteiger partial charge on any atom is 0.432 e. The molecule has 2 nitrogen and oxygen atoms in total. The van der Waals surface area contributed by atoms with Gasteiger partial charge in [-0.1, -0.05) is 62.2 Å². The van der Waals surface area contributed by atoms with Crippen LogP contribution >= 0.6 is 31.9 Å². The van der Waals surface area contributed by atoms with E-state index in [-0.39, 0.29) is 5.56 Å². The van der Waals surface area contributed by atoms with Crippen molar-refractivity contribution >= 4 is 54.0 Å². The molecular weight excluding hydrogens is 516 g/mol. The average Bonchev–Trinajstić information content (AvgIpc) is 2.69. The lowest BCUT2D eigenvalue weighted by molar-refractivity contribution is -0.0611. The Morgan fingerprint density at radius 1 is 0.931 bits per heavy atom. The van der Waals surface area contributed by atoms with Crippen LogP contribution in [0.3, 0.4) is 0 Å². The number of allylic oxidation sites excluding steroid dienone is 1. The van der Waals surface area contributed by atoms with E-state index in [1.165, 1.54) is 29.4 Å². The first-order chi connectivity index (χ1) is 13.8. The van der Waals surface area contributed by atoms with Gasteiger partial charge in [-0.3, -0.25) is 0 Å². The number of hydrogen-bond acceptors (Lipinski definition) is 2. The largest absolute Gasteiger partial charge is 0.432 e.